The molecule has 19 heavy (non-hydrogen) atoms. The largest absolute Gasteiger partial charge is 0.232 e. The highest BCUT2D eigenvalue weighted by atomic mass is 32.2. The molecule has 0 atom stereocenters. The van der Waals surface area contributed by atoms with Gasteiger partial charge in [0.15, 0.2) is 0 Å². The highest BCUT2D eigenvalue weighted by molar-refractivity contribution is 8.16. The van der Waals surface area contributed by atoms with Crippen molar-refractivity contribution in [2.75, 3.05) is 25.0 Å². The standard InChI is InChI=1S/C17H26S2/c1-6-8-14-11-13-9-7-10-16(18(2)3)15(13)12-17(14)19(4)5/h7,9-12,18-19H,6,8H2,1-5H3. The van der Waals surface area contributed by atoms with Gasteiger partial charge < -0.3 is 0 Å². The summed E-state index contributed by atoms with van der Waals surface area (Å²) in [7, 11) is -0.0629. The van der Waals surface area contributed by atoms with Crippen molar-refractivity contribution in [3.63, 3.8) is 0 Å². The molecule has 2 aromatic carbocycles. The monoisotopic (exact) mass is 294 g/mol. The molecule has 0 bridgehead atoms. The minimum atomic E-state index is -0.0373. The summed E-state index contributed by atoms with van der Waals surface area (Å²) < 4.78 is 0. The minimum Gasteiger partial charge on any atom is -0.232 e. The fourth-order valence-corrected chi connectivity index (χ4v) is 4.82. The molecule has 2 aromatic rings. The summed E-state index contributed by atoms with van der Waals surface area (Å²) in [5.74, 6) is 0. The summed E-state index contributed by atoms with van der Waals surface area (Å²) in [6.45, 7) is 2.27. The van der Waals surface area contributed by atoms with Crippen LogP contribution in [-0.4, -0.2) is 25.0 Å². The molecule has 0 nitrogen and oxygen atoms in total. The molecule has 0 heterocycles. The van der Waals surface area contributed by atoms with E-state index in [0.29, 0.717) is 0 Å². The Morgan fingerprint density at radius 1 is 0.895 bits per heavy atom. The summed E-state index contributed by atoms with van der Waals surface area (Å²) in [6, 6.07) is 11.7. The molecule has 0 saturated carbocycles. The van der Waals surface area contributed by atoms with Crippen LogP contribution in [0.1, 0.15) is 18.9 Å². The summed E-state index contributed by atoms with van der Waals surface area (Å²) in [5, 5.41) is 2.92. The Balaban J connectivity index is 2.70. The first-order chi connectivity index (χ1) is 9.04. The zero-order valence-corrected chi connectivity index (χ0v) is 14.5. The molecule has 0 saturated heterocycles. The van der Waals surface area contributed by atoms with Gasteiger partial charge in [0.1, 0.15) is 0 Å². The van der Waals surface area contributed by atoms with Crippen LogP contribution in [0.2, 0.25) is 0 Å². The molecular formula is C17H26S2. The van der Waals surface area contributed by atoms with Gasteiger partial charge in [-0.25, -0.2) is 21.8 Å². The van der Waals surface area contributed by atoms with Gasteiger partial charge in [0.25, 0.3) is 0 Å². The average Bonchev–Trinajstić information content (AvgIpc) is 2.37. The van der Waals surface area contributed by atoms with Crippen LogP contribution in [0.15, 0.2) is 40.1 Å². The van der Waals surface area contributed by atoms with Crippen molar-refractivity contribution in [2.24, 2.45) is 0 Å². The van der Waals surface area contributed by atoms with Crippen LogP contribution in [-0.2, 0) is 6.42 Å². The maximum atomic E-state index is 2.49. The molecule has 106 valence electrons. The van der Waals surface area contributed by atoms with Gasteiger partial charge in [-0.2, -0.15) is 0 Å². The van der Waals surface area contributed by atoms with Gasteiger partial charge in [0, 0.05) is 0 Å². The first kappa shape index (κ1) is 14.8. The van der Waals surface area contributed by atoms with E-state index in [9.17, 15) is 0 Å². The molecule has 0 aromatic heterocycles. The van der Waals surface area contributed by atoms with E-state index in [-0.39, 0.29) is 21.8 Å². The van der Waals surface area contributed by atoms with Crippen LogP contribution in [0.25, 0.3) is 10.8 Å². The van der Waals surface area contributed by atoms with Crippen LogP contribution in [0.3, 0.4) is 0 Å². The van der Waals surface area contributed by atoms with Gasteiger partial charge in [0.2, 0.25) is 0 Å². The van der Waals surface area contributed by atoms with Crippen LogP contribution in [0.4, 0.5) is 0 Å². The smallest absolute Gasteiger partial charge is 0.00507 e. The Bertz CT molecular complexity index is 571. The van der Waals surface area contributed by atoms with Gasteiger partial charge in [-0.3, -0.25) is 0 Å². The van der Waals surface area contributed by atoms with E-state index in [1.165, 1.54) is 23.6 Å². The van der Waals surface area contributed by atoms with Crippen molar-refractivity contribution in [3.8, 4) is 0 Å². The van der Waals surface area contributed by atoms with E-state index in [4.69, 9.17) is 0 Å². The van der Waals surface area contributed by atoms with E-state index >= 15 is 0 Å². The Labute approximate surface area is 123 Å². The number of thiol groups is 2. The second-order valence-electron chi connectivity index (χ2n) is 5.52. The maximum Gasteiger partial charge on any atom is -0.00507 e. The Morgan fingerprint density at radius 3 is 2.16 bits per heavy atom. The Morgan fingerprint density at radius 2 is 1.58 bits per heavy atom. The van der Waals surface area contributed by atoms with Crippen LogP contribution in [0, 0.1) is 0 Å². The predicted octanol–water partition coefficient (Wildman–Crippen LogP) is 5.03. The first-order valence-corrected chi connectivity index (χ1v) is 11.4. The molecule has 0 radical (unpaired) electrons. The highest BCUT2D eigenvalue weighted by Gasteiger charge is 2.09. The number of hydrogen-bond donors (Lipinski definition) is 2. The van der Waals surface area contributed by atoms with Crippen LogP contribution >= 0.6 is 21.8 Å². The van der Waals surface area contributed by atoms with Crippen molar-refractivity contribution in [3.05, 3.63) is 35.9 Å². The number of hydrogen-bond acceptors (Lipinski definition) is 0. The van der Waals surface area contributed by atoms with Crippen LogP contribution < -0.4 is 0 Å². The molecule has 0 aliphatic rings. The van der Waals surface area contributed by atoms with Crippen molar-refractivity contribution < 1.29 is 0 Å². The normalized spacial score (nSPS) is 12.7. The fraction of sp³-hybridized carbons (Fsp3) is 0.412. The Hall–Kier alpha value is -0.600. The van der Waals surface area contributed by atoms with Gasteiger partial charge >= 0.3 is 0 Å². The summed E-state index contributed by atoms with van der Waals surface area (Å²) in [6.07, 6.45) is 11.9. The minimum absolute atomic E-state index is 0.0256. The quantitative estimate of drug-likeness (QED) is 0.726. The summed E-state index contributed by atoms with van der Waals surface area (Å²) in [5.41, 5.74) is 1.57. The first-order valence-electron chi connectivity index (χ1n) is 6.95. The van der Waals surface area contributed by atoms with Gasteiger partial charge in [-0.1, -0.05) is 31.5 Å². The predicted molar refractivity (Wildman–Crippen MR) is 96.1 cm³/mol. The molecule has 0 amide bonds. The number of fused-ring (bicyclic) bond motifs is 1. The van der Waals surface area contributed by atoms with Crippen LogP contribution in [0.5, 0.6) is 0 Å². The SMILES string of the molecule is CCCc1cc2cccc([SH](C)C)c2cc1[SH](C)C. The van der Waals surface area contributed by atoms with E-state index in [0.717, 1.165) is 0 Å². The topological polar surface area (TPSA) is 0 Å². The van der Waals surface area contributed by atoms with Gasteiger partial charge in [-0.15, -0.1) is 0 Å². The lowest BCUT2D eigenvalue weighted by Crippen LogP contribution is -1.93. The van der Waals surface area contributed by atoms with Gasteiger partial charge in [-0.05, 0) is 69.7 Å². The highest BCUT2D eigenvalue weighted by Crippen LogP contribution is 2.40. The van der Waals surface area contributed by atoms with E-state index in [1.54, 1.807) is 15.4 Å². The molecule has 0 aliphatic carbocycles. The lowest BCUT2D eigenvalue weighted by atomic mass is 10.0. The Kier molecular flexibility index (Phi) is 4.86. The summed E-state index contributed by atoms with van der Waals surface area (Å²) >= 11 is 0. The lowest BCUT2D eigenvalue weighted by Gasteiger charge is -2.20. The molecule has 0 spiro atoms. The van der Waals surface area contributed by atoms with Crippen molar-refractivity contribution in [1.29, 1.82) is 0 Å². The second-order valence-corrected chi connectivity index (χ2v) is 10.1. The number of rotatable bonds is 4. The summed E-state index contributed by atoms with van der Waals surface area (Å²) in [4.78, 5) is 3.15. The van der Waals surface area contributed by atoms with Gasteiger partial charge in [0.05, 0.1) is 0 Å². The molecule has 0 N–H and O–H groups in total. The molecule has 0 unspecified atom stereocenters. The zero-order valence-electron chi connectivity index (χ0n) is 12.7. The third kappa shape index (κ3) is 3.11. The molecule has 2 rings (SSSR count). The number of aryl methyl sites for hydroxylation is 1. The average molecular weight is 295 g/mol. The van der Waals surface area contributed by atoms with E-state index < -0.39 is 0 Å². The molecule has 0 fully saturated rings. The maximum absolute atomic E-state index is 2.49. The van der Waals surface area contributed by atoms with Crippen molar-refractivity contribution >= 4 is 32.6 Å². The van der Waals surface area contributed by atoms with E-state index in [2.05, 4.69) is 62.3 Å². The fourth-order valence-electron chi connectivity index (χ4n) is 2.62. The van der Waals surface area contributed by atoms with Crippen molar-refractivity contribution in [1.82, 2.24) is 0 Å². The zero-order chi connectivity index (χ0) is 14.0. The molecule has 0 aliphatic heterocycles. The number of benzene rings is 2. The third-order valence-corrected chi connectivity index (χ3v) is 6.27. The second kappa shape index (κ2) is 6.23. The molecular weight excluding hydrogens is 268 g/mol. The molecule has 2 heteroatoms. The van der Waals surface area contributed by atoms with E-state index in [1.807, 2.05) is 0 Å². The third-order valence-electron chi connectivity index (χ3n) is 3.54. The lowest BCUT2D eigenvalue weighted by molar-refractivity contribution is 0.903. The van der Waals surface area contributed by atoms with Crippen molar-refractivity contribution in [2.45, 2.75) is 29.6 Å².